The first kappa shape index (κ1) is 15.9. The number of aliphatic hydroxyl groups excluding tert-OH is 1. The summed E-state index contributed by atoms with van der Waals surface area (Å²) in [7, 11) is 0. The zero-order chi connectivity index (χ0) is 16.4. The van der Waals surface area contributed by atoms with Crippen molar-refractivity contribution in [1.29, 1.82) is 0 Å². The highest BCUT2D eigenvalue weighted by Gasteiger charge is 2.48. The van der Waals surface area contributed by atoms with Crippen LogP contribution in [0.5, 0.6) is 5.75 Å². The molecule has 1 aliphatic heterocycles. The third-order valence-electron chi connectivity index (χ3n) is 4.31. The first-order valence-electron chi connectivity index (χ1n) is 7.57. The summed E-state index contributed by atoms with van der Waals surface area (Å²) in [6.07, 6.45) is 1.41. The maximum absolute atomic E-state index is 13.9. The van der Waals surface area contributed by atoms with Crippen LogP contribution in [0.2, 0.25) is 0 Å². The quantitative estimate of drug-likeness (QED) is 0.668. The molecular weight excluding hydrogens is 306 g/mol. The van der Waals surface area contributed by atoms with Crippen molar-refractivity contribution < 1.29 is 28.2 Å². The second-order valence-electron chi connectivity index (χ2n) is 6.00. The maximum atomic E-state index is 13.9. The van der Waals surface area contributed by atoms with Gasteiger partial charge in [-0.3, -0.25) is 4.79 Å². The van der Waals surface area contributed by atoms with Crippen molar-refractivity contribution in [1.82, 2.24) is 0 Å². The Balaban J connectivity index is 1.60. The molecule has 1 aromatic carbocycles. The van der Waals surface area contributed by atoms with E-state index >= 15 is 0 Å². The number of hydrogen-bond donors (Lipinski definition) is 1. The Morgan fingerprint density at radius 1 is 1.35 bits per heavy atom. The summed E-state index contributed by atoms with van der Waals surface area (Å²) in [5, 5.41) is 9.97. The van der Waals surface area contributed by atoms with E-state index in [4.69, 9.17) is 9.47 Å². The third-order valence-corrected chi connectivity index (χ3v) is 4.31. The first-order valence-corrected chi connectivity index (χ1v) is 7.57. The Labute approximate surface area is 132 Å². The van der Waals surface area contributed by atoms with Crippen LogP contribution in [0.25, 0.3) is 0 Å². The van der Waals surface area contributed by atoms with Crippen molar-refractivity contribution in [3.63, 3.8) is 0 Å². The first-order chi connectivity index (χ1) is 10.9. The van der Waals surface area contributed by atoms with Crippen LogP contribution in [0.1, 0.15) is 12.8 Å². The van der Waals surface area contributed by atoms with Gasteiger partial charge in [0.2, 0.25) is 0 Å². The van der Waals surface area contributed by atoms with Crippen LogP contribution in [0.4, 0.5) is 8.78 Å². The number of benzene rings is 1. The van der Waals surface area contributed by atoms with Gasteiger partial charge >= 0.3 is 5.97 Å². The molecule has 124 valence electrons. The summed E-state index contributed by atoms with van der Waals surface area (Å²) in [5.74, 6) is -3.83. The largest absolute Gasteiger partial charge is 0.487 e. The second kappa shape index (κ2) is 6.28. The van der Waals surface area contributed by atoms with E-state index in [0.29, 0.717) is 12.2 Å². The average molecular weight is 324 g/mol. The van der Waals surface area contributed by atoms with Gasteiger partial charge in [0.25, 0.3) is 5.92 Å². The van der Waals surface area contributed by atoms with Gasteiger partial charge in [0, 0.05) is 18.3 Å². The van der Waals surface area contributed by atoms with E-state index < -0.39 is 24.6 Å². The summed E-state index contributed by atoms with van der Waals surface area (Å²) in [6.45, 7) is -0.778. The fraction of sp³-hybridized carbons (Fsp3) is 0.471. The second-order valence-corrected chi connectivity index (χ2v) is 6.00. The maximum Gasteiger partial charge on any atom is 0.306 e. The predicted octanol–water partition coefficient (Wildman–Crippen LogP) is 2.57. The lowest BCUT2D eigenvalue weighted by Gasteiger charge is -2.17. The van der Waals surface area contributed by atoms with Gasteiger partial charge in [-0.05, 0) is 18.2 Å². The molecule has 0 bridgehead atoms. The summed E-state index contributed by atoms with van der Waals surface area (Å²) in [5.41, 5.74) is 0. The van der Waals surface area contributed by atoms with Gasteiger partial charge in [-0.25, -0.2) is 0 Å². The van der Waals surface area contributed by atoms with Gasteiger partial charge in [-0.2, -0.15) is 8.78 Å². The Hall–Kier alpha value is -1.95. The number of carbonyl (C=O) groups excluding carboxylic acids is 1. The lowest BCUT2D eigenvalue weighted by molar-refractivity contribution is -0.141. The predicted molar refractivity (Wildman–Crippen MR) is 78.1 cm³/mol. The number of alkyl halides is 2. The molecule has 2 aliphatic rings. The molecule has 1 N–H and O–H groups in total. The van der Waals surface area contributed by atoms with Gasteiger partial charge in [0.1, 0.15) is 11.9 Å². The number of hydrogen-bond acceptors (Lipinski definition) is 4. The topological polar surface area (TPSA) is 55.8 Å². The number of carbonyl (C=O) groups is 1. The van der Waals surface area contributed by atoms with Crippen LogP contribution in [0.3, 0.4) is 0 Å². The summed E-state index contributed by atoms with van der Waals surface area (Å²) in [6, 6.07) is 8.39. The number of rotatable bonds is 5. The van der Waals surface area contributed by atoms with Gasteiger partial charge in [-0.15, -0.1) is 0 Å². The van der Waals surface area contributed by atoms with Crippen molar-refractivity contribution in [3.8, 4) is 5.75 Å². The lowest BCUT2D eigenvalue weighted by Crippen LogP contribution is -2.25. The number of fused-ring (bicyclic) bond motifs is 1. The van der Waals surface area contributed by atoms with Crippen molar-refractivity contribution >= 4 is 5.97 Å². The van der Waals surface area contributed by atoms with Crippen molar-refractivity contribution in [2.75, 3.05) is 6.61 Å². The Bertz CT molecular complexity index is 588. The van der Waals surface area contributed by atoms with Gasteiger partial charge < -0.3 is 14.6 Å². The molecule has 1 aromatic rings. The molecule has 2 fully saturated rings. The van der Waals surface area contributed by atoms with Crippen LogP contribution in [-0.2, 0) is 9.53 Å². The van der Waals surface area contributed by atoms with E-state index in [1.54, 1.807) is 30.3 Å². The summed E-state index contributed by atoms with van der Waals surface area (Å²) < 4.78 is 38.0. The normalized spacial score (nSPS) is 30.5. The zero-order valence-electron chi connectivity index (χ0n) is 12.4. The van der Waals surface area contributed by atoms with Crippen LogP contribution >= 0.6 is 0 Å². The molecule has 1 heterocycles. The summed E-state index contributed by atoms with van der Waals surface area (Å²) >= 11 is 0. The minimum absolute atomic E-state index is 0.169. The smallest absolute Gasteiger partial charge is 0.306 e. The molecule has 1 aliphatic carbocycles. The molecule has 1 saturated heterocycles. The minimum Gasteiger partial charge on any atom is -0.487 e. The van der Waals surface area contributed by atoms with Gasteiger partial charge in [-0.1, -0.05) is 24.3 Å². The van der Waals surface area contributed by atoms with Crippen molar-refractivity contribution in [2.24, 2.45) is 11.8 Å². The molecule has 6 heteroatoms. The zero-order valence-corrected chi connectivity index (χ0v) is 12.4. The van der Waals surface area contributed by atoms with Crippen LogP contribution in [-0.4, -0.2) is 35.8 Å². The Kier molecular flexibility index (Phi) is 4.35. The number of ether oxygens (including phenoxy) is 2. The highest BCUT2D eigenvalue weighted by molar-refractivity contribution is 5.72. The molecule has 0 amide bonds. The fourth-order valence-corrected chi connectivity index (χ4v) is 3.18. The molecule has 0 unspecified atom stereocenters. The van der Waals surface area contributed by atoms with Gasteiger partial charge in [0.05, 0.1) is 12.5 Å². The van der Waals surface area contributed by atoms with E-state index in [2.05, 4.69) is 0 Å². The van der Waals surface area contributed by atoms with Gasteiger partial charge in [0.15, 0.2) is 6.61 Å². The SMILES string of the molecule is O=C1C[C@H]2[C@@H](C=CC(F)(F)COc3ccccc3)[C@H](O)C[C@H]2O1. The molecule has 0 radical (unpaired) electrons. The van der Waals surface area contributed by atoms with Crippen LogP contribution < -0.4 is 4.74 Å². The molecule has 3 rings (SSSR count). The number of aliphatic hydroxyl groups is 1. The van der Waals surface area contributed by atoms with E-state index in [1.165, 1.54) is 6.08 Å². The molecule has 0 aromatic heterocycles. The molecule has 0 spiro atoms. The molecule has 4 atom stereocenters. The Morgan fingerprint density at radius 2 is 2.09 bits per heavy atom. The molecule has 1 saturated carbocycles. The number of halogens is 2. The minimum atomic E-state index is -3.16. The lowest BCUT2D eigenvalue weighted by atomic mass is 9.91. The van der Waals surface area contributed by atoms with E-state index in [9.17, 15) is 18.7 Å². The van der Waals surface area contributed by atoms with E-state index in [0.717, 1.165) is 6.08 Å². The van der Waals surface area contributed by atoms with Crippen LogP contribution in [0, 0.1) is 11.8 Å². The van der Waals surface area contributed by atoms with Crippen molar-refractivity contribution in [3.05, 3.63) is 42.5 Å². The van der Waals surface area contributed by atoms with E-state index in [1.807, 2.05) is 0 Å². The highest BCUT2D eigenvalue weighted by atomic mass is 19.3. The molecular formula is C17H18F2O4. The summed E-state index contributed by atoms with van der Waals surface area (Å²) in [4.78, 5) is 11.3. The molecule has 23 heavy (non-hydrogen) atoms. The third kappa shape index (κ3) is 3.69. The number of para-hydroxylation sites is 1. The highest BCUT2D eigenvalue weighted by Crippen LogP contribution is 2.42. The van der Waals surface area contributed by atoms with Crippen LogP contribution in [0.15, 0.2) is 42.5 Å². The fourth-order valence-electron chi connectivity index (χ4n) is 3.18. The standard InChI is InChI=1S/C17H18F2O4/c18-17(19,10-22-11-4-2-1-3-5-11)7-6-12-13-8-16(21)23-15(13)9-14(12)20/h1-7,12-15,20H,8-10H2/t12-,13+,14-,15-/m1/s1. The van der Waals surface area contributed by atoms with E-state index in [-0.39, 0.29) is 24.4 Å². The monoisotopic (exact) mass is 324 g/mol. The Morgan fingerprint density at radius 3 is 2.83 bits per heavy atom. The van der Waals surface area contributed by atoms with Crippen molar-refractivity contribution in [2.45, 2.75) is 31.0 Å². The number of esters is 1. The average Bonchev–Trinajstić information content (AvgIpc) is 2.99. The molecule has 4 nitrogen and oxygen atoms in total.